The van der Waals surface area contributed by atoms with Gasteiger partial charge in [0.2, 0.25) is 5.95 Å². The lowest BCUT2D eigenvalue weighted by Crippen LogP contribution is -2.02. The Kier molecular flexibility index (Phi) is 3.58. The van der Waals surface area contributed by atoms with Crippen molar-refractivity contribution in [1.29, 1.82) is 0 Å². The molecule has 0 radical (unpaired) electrons. The lowest BCUT2D eigenvalue weighted by atomic mass is 10.3. The standard InChI is InChI=1S/C12H13BrN4/c1-8-7-15-12(14-2)17-11(8)16-10-6-4-3-5-9(10)13/h3-7H,1-2H3,(H2,14,15,16,17). The molecule has 0 bridgehead atoms. The highest BCUT2D eigenvalue weighted by molar-refractivity contribution is 9.10. The molecular weight excluding hydrogens is 280 g/mol. The van der Waals surface area contributed by atoms with E-state index in [-0.39, 0.29) is 0 Å². The van der Waals surface area contributed by atoms with Crippen molar-refractivity contribution in [2.45, 2.75) is 6.92 Å². The van der Waals surface area contributed by atoms with Crippen molar-refractivity contribution in [2.75, 3.05) is 17.7 Å². The number of hydrogen-bond acceptors (Lipinski definition) is 4. The van der Waals surface area contributed by atoms with Gasteiger partial charge >= 0.3 is 0 Å². The fraction of sp³-hybridized carbons (Fsp3) is 0.167. The SMILES string of the molecule is CNc1ncc(C)c(Nc2ccccc2Br)n1. The Morgan fingerprint density at radius 1 is 1.24 bits per heavy atom. The van der Waals surface area contributed by atoms with Gasteiger partial charge in [0.05, 0.1) is 5.69 Å². The lowest BCUT2D eigenvalue weighted by molar-refractivity contribution is 1.12. The second-order valence-corrected chi connectivity index (χ2v) is 4.43. The molecule has 2 rings (SSSR count). The number of aromatic nitrogens is 2. The summed E-state index contributed by atoms with van der Waals surface area (Å²) in [5.41, 5.74) is 1.98. The summed E-state index contributed by atoms with van der Waals surface area (Å²) in [6.07, 6.45) is 1.79. The molecule has 0 saturated heterocycles. The van der Waals surface area contributed by atoms with Crippen LogP contribution in [-0.2, 0) is 0 Å². The minimum atomic E-state index is 0.602. The van der Waals surface area contributed by atoms with Crippen LogP contribution in [0.25, 0.3) is 0 Å². The summed E-state index contributed by atoms with van der Waals surface area (Å²) in [5.74, 6) is 1.40. The van der Waals surface area contributed by atoms with Crippen LogP contribution in [0.15, 0.2) is 34.9 Å². The van der Waals surface area contributed by atoms with Crippen molar-refractivity contribution < 1.29 is 0 Å². The molecule has 2 aromatic rings. The van der Waals surface area contributed by atoms with Crippen molar-refractivity contribution in [3.8, 4) is 0 Å². The molecule has 0 aliphatic rings. The van der Waals surface area contributed by atoms with Gasteiger partial charge in [-0.05, 0) is 35.0 Å². The quantitative estimate of drug-likeness (QED) is 0.911. The maximum absolute atomic E-state index is 4.37. The summed E-state index contributed by atoms with van der Waals surface area (Å²) in [6, 6.07) is 7.92. The first kappa shape index (κ1) is 11.9. The normalized spacial score (nSPS) is 10.1. The van der Waals surface area contributed by atoms with Crippen LogP contribution in [0, 0.1) is 6.92 Å². The fourth-order valence-electron chi connectivity index (χ4n) is 1.38. The van der Waals surface area contributed by atoms with Crippen LogP contribution in [0.3, 0.4) is 0 Å². The van der Waals surface area contributed by atoms with Gasteiger partial charge in [-0.25, -0.2) is 4.98 Å². The lowest BCUT2D eigenvalue weighted by Gasteiger charge is -2.10. The largest absolute Gasteiger partial charge is 0.357 e. The Hall–Kier alpha value is -1.62. The number of nitrogens with zero attached hydrogens (tertiary/aromatic N) is 2. The van der Waals surface area contributed by atoms with E-state index in [0.717, 1.165) is 21.5 Å². The second-order valence-electron chi connectivity index (χ2n) is 3.58. The molecule has 17 heavy (non-hydrogen) atoms. The average Bonchev–Trinajstić information content (AvgIpc) is 2.35. The molecule has 0 amide bonds. The second kappa shape index (κ2) is 5.14. The Morgan fingerprint density at radius 3 is 2.71 bits per heavy atom. The summed E-state index contributed by atoms with van der Waals surface area (Å²) in [6.45, 7) is 1.97. The maximum Gasteiger partial charge on any atom is 0.224 e. The van der Waals surface area contributed by atoms with Crippen LogP contribution in [0.5, 0.6) is 0 Å². The molecule has 0 unspecified atom stereocenters. The van der Waals surface area contributed by atoms with Gasteiger partial charge in [-0.3, -0.25) is 0 Å². The zero-order chi connectivity index (χ0) is 12.3. The summed E-state index contributed by atoms with van der Waals surface area (Å²) in [7, 11) is 1.80. The van der Waals surface area contributed by atoms with Gasteiger partial charge in [-0.1, -0.05) is 12.1 Å². The third-order valence-electron chi connectivity index (χ3n) is 2.32. The Labute approximate surface area is 109 Å². The first-order valence-corrected chi connectivity index (χ1v) is 6.03. The molecule has 2 N–H and O–H groups in total. The van der Waals surface area contributed by atoms with Crippen LogP contribution in [0.2, 0.25) is 0 Å². The summed E-state index contributed by atoms with van der Waals surface area (Å²) >= 11 is 3.49. The summed E-state index contributed by atoms with van der Waals surface area (Å²) in [4.78, 5) is 8.52. The van der Waals surface area contributed by atoms with E-state index < -0.39 is 0 Å². The molecule has 0 saturated carbocycles. The van der Waals surface area contributed by atoms with Gasteiger partial charge in [0.1, 0.15) is 5.82 Å². The minimum Gasteiger partial charge on any atom is -0.357 e. The van der Waals surface area contributed by atoms with Crippen LogP contribution in [0.4, 0.5) is 17.5 Å². The van der Waals surface area contributed by atoms with Crippen molar-refractivity contribution in [2.24, 2.45) is 0 Å². The van der Waals surface area contributed by atoms with Gasteiger partial charge in [-0.2, -0.15) is 4.98 Å². The van der Waals surface area contributed by atoms with E-state index in [1.807, 2.05) is 31.2 Å². The average molecular weight is 293 g/mol. The number of rotatable bonds is 3. The van der Waals surface area contributed by atoms with E-state index in [2.05, 4.69) is 36.5 Å². The topological polar surface area (TPSA) is 49.8 Å². The van der Waals surface area contributed by atoms with E-state index in [1.54, 1.807) is 13.2 Å². The molecule has 0 atom stereocenters. The first-order chi connectivity index (χ1) is 8.20. The van der Waals surface area contributed by atoms with Gasteiger partial charge in [0.15, 0.2) is 0 Å². The van der Waals surface area contributed by atoms with Crippen LogP contribution >= 0.6 is 15.9 Å². The first-order valence-electron chi connectivity index (χ1n) is 5.23. The van der Waals surface area contributed by atoms with E-state index >= 15 is 0 Å². The van der Waals surface area contributed by atoms with Crippen LogP contribution in [0.1, 0.15) is 5.56 Å². The van der Waals surface area contributed by atoms with Crippen molar-refractivity contribution >= 4 is 33.4 Å². The number of aryl methyl sites for hydroxylation is 1. The number of benzene rings is 1. The smallest absolute Gasteiger partial charge is 0.224 e. The highest BCUT2D eigenvalue weighted by Gasteiger charge is 2.05. The molecule has 88 valence electrons. The number of hydrogen-bond donors (Lipinski definition) is 2. The minimum absolute atomic E-state index is 0.602. The molecule has 1 heterocycles. The van der Waals surface area contributed by atoms with Crippen LogP contribution < -0.4 is 10.6 Å². The van der Waals surface area contributed by atoms with Crippen LogP contribution in [-0.4, -0.2) is 17.0 Å². The monoisotopic (exact) mass is 292 g/mol. The Morgan fingerprint density at radius 2 is 2.00 bits per heavy atom. The fourth-order valence-corrected chi connectivity index (χ4v) is 1.76. The van der Waals surface area contributed by atoms with Crippen molar-refractivity contribution in [3.63, 3.8) is 0 Å². The Balaban J connectivity index is 2.32. The third kappa shape index (κ3) is 2.74. The van der Waals surface area contributed by atoms with Gasteiger partial charge in [0.25, 0.3) is 0 Å². The number of anilines is 3. The van der Waals surface area contributed by atoms with Gasteiger partial charge < -0.3 is 10.6 Å². The molecule has 5 heteroatoms. The number of halogens is 1. The van der Waals surface area contributed by atoms with E-state index in [0.29, 0.717) is 5.95 Å². The highest BCUT2D eigenvalue weighted by Crippen LogP contribution is 2.26. The van der Waals surface area contributed by atoms with E-state index in [9.17, 15) is 0 Å². The number of para-hydroxylation sites is 1. The Bertz CT molecular complexity index is 528. The predicted molar refractivity (Wildman–Crippen MR) is 73.7 cm³/mol. The zero-order valence-corrected chi connectivity index (χ0v) is 11.2. The third-order valence-corrected chi connectivity index (χ3v) is 3.01. The summed E-state index contributed by atoms with van der Waals surface area (Å²) < 4.78 is 1.00. The number of nitrogens with one attached hydrogen (secondary N) is 2. The molecule has 0 aliphatic heterocycles. The predicted octanol–water partition coefficient (Wildman–Crippen LogP) is 3.33. The molecule has 4 nitrogen and oxygen atoms in total. The molecule has 0 fully saturated rings. The molecular formula is C12H13BrN4. The van der Waals surface area contributed by atoms with E-state index in [1.165, 1.54) is 0 Å². The molecule has 1 aromatic carbocycles. The van der Waals surface area contributed by atoms with E-state index in [4.69, 9.17) is 0 Å². The molecule has 0 aliphatic carbocycles. The van der Waals surface area contributed by atoms with Gasteiger partial charge in [0, 0.05) is 23.3 Å². The van der Waals surface area contributed by atoms with Gasteiger partial charge in [-0.15, -0.1) is 0 Å². The maximum atomic E-state index is 4.37. The van der Waals surface area contributed by atoms with Crippen molar-refractivity contribution in [1.82, 2.24) is 9.97 Å². The van der Waals surface area contributed by atoms with Crippen molar-refractivity contribution in [3.05, 3.63) is 40.5 Å². The molecule has 0 spiro atoms. The highest BCUT2D eigenvalue weighted by atomic mass is 79.9. The summed E-state index contributed by atoms with van der Waals surface area (Å²) in [5, 5.41) is 6.20. The molecule has 1 aromatic heterocycles. The zero-order valence-electron chi connectivity index (χ0n) is 9.66.